The Balaban J connectivity index is 0.00000264. The van der Waals surface area contributed by atoms with E-state index in [-0.39, 0.29) is 30.0 Å². The molecule has 0 unspecified atom stereocenters. The van der Waals surface area contributed by atoms with E-state index in [1.165, 1.54) is 0 Å². The second-order valence-electron chi connectivity index (χ2n) is 6.12. The maximum absolute atomic E-state index is 13.5. The predicted octanol–water partition coefficient (Wildman–Crippen LogP) is 2.64. The highest BCUT2D eigenvalue weighted by molar-refractivity contribution is 9.10. The number of rotatable bonds is 4. The highest BCUT2D eigenvalue weighted by Crippen LogP contribution is 2.18. The van der Waals surface area contributed by atoms with Crippen LogP contribution in [0.4, 0.5) is 4.39 Å². The lowest BCUT2D eigenvalue weighted by atomic mass is 10.0. The molecule has 0 radical (unpaired) electrons. The summed E-state index contributed by atoms with van der Waals surface area (Å²) in [5.41, 5.74) is 6.87. The summed E-state index contributed by atoms with van der Waals surface area (Å²) in [5.74, 6) is -0.0603. The Labute approximate surface area is 151 Å². The lowest BCUT2D eigenvalue weighted by molar-refractivity contribution is -0.135. The molecular formula is C16H24BrClFN3O. The fourth-order valence-electron chi connectivity index (χ4n) is 2.52. The fourth-order valence-corrected chi connectivity index (χ4v) is 2.77. The van der Waals surface area contributed by atoms with Gasteiger partial charge in [-0.2, -0.15) is 0 Å². The Morgan fingerprint density at radius 1 is 1.30 bits per heavy atom. The summed E-state index contributed by atoms with van der Waals surface area (Å²) in [6, 6.07) is 4.77. The van der Waals surface area contributed by atoms with Gasteiger partial charge in [0.1, 0.15) is 5.82 Å². The van der Waals surface area contributed by atoms with Gasteiger partial charge in [0, 0.05) is 32.7 Å². The SMILES string of the molecule is CC(C)[C@H](N)C(=O)N1CCN(Cc2ccc(Br)c(F)c2)CC1.Cl. The number of hydrogen-bond acceptors (Lipinski definition) is 3. The van der Waals surface area contributed by atoms with Gasteiger partial charge in [0.2, 0.25) is 5.91 Å². The maximum atomic E-state index is 13.5. The largest absolute Gasteiger partial charge is 0.339 e. The van der Waals surface area contributed by atoms with Crippen molar-refractivity contribution in [3.63, 3.8) is 0 Å². The van der Waals surface area contributed by atoms with Gasteiger partial charge in [0.05, 0.1) is 10.5 Å². The summed E-state index contributed by atoms with van der Waals surface area (Å²) in [5, 5.41) is 0. The van der Waals surface area contributed by atoms with Gasteiger partial charge in [-0.1, -0.05) is 19.9 Å². The Morgan fingerprint density at radius 3 is 2.43 bits per heavy atom. The number of amides is 1. The van der Waals surface area contributed by atoms with Crippen LogP contribution in [0.1, 0.15) is 19.4 Å². The molecular weight excluding hydrogens is 385 g/mol. The molecule has 1 atom stereocenters. The topological polar surface area (TPSA) is 49.6 Å². The van der Waals surface area contributed by atoms with E-state index in [2.05, 4.69) is 20.8 Å². The number of nitrogens with two attached hydrogens (primary N) is 1. The lowest BCUT2D eigenvalue weighted by Gasteiger charge is -2.36. The van der Waals surface area contributed by atoms with Crippen molar-refractivity contribution in [2.75, 3.05) is 26.2 Å². The van der Waals surface area contributed by atoms with Gasteiger partial charge < -0.3 is 10.6 Å². The Bertz CT molecular complexity index is 536. The summed E-state index contributed by atoms with van der Waals surface area (Å²) in [6.45, 7) is 7.54. The van der Waals surface area contributed by atoms with Crippen LogP contribution in [0.2, 0.25) is 0 Å². The molecule has 0 saturated carbocycles. The van der Waals surface area contributed by atoms with Gasteiger partial charge in [-0.05, 0) is 39.5 Å². The van der Waals surface area contributed by atoms with Crippen LogP contribution in [0.3, 0.4) is 0 Å². The smallest absolute Gasteiger partial charge is 0.239 e. The average molecular weight is 409 g/mol. The molecule has 1 amide bonds. The van der Waals surface area contributed by atoms with E-state index in [1.54, 1.807) is 12.1 Å². The minimum atomic E-state index is -0.424. The zero-order chi connectivity index (χ0) is 16.3. The highest BCUT2D eigenvalue weighted by atomic mass is 79.9. The third-order valence-corrected chi connectivity index (χ3v) is 4.72. The quantitative estimate of drug-likeness (QED) is 0.833. The van der Waals surface area contributed by atoms with Crippen molar-refractivity contribution >= 4 is 34.2 Å². The first-order valence-electron chi connectivity index (χ1n) is 7.59. The predicted molar refractivity (Wildman–Crippen MR) is 96.0 cm³/mol. The number of piperazine rings is 1. The highest BCUT2D eigenvalue weighted by Gasteiger charge is 2.26. The van der Waals surface area contributed by atoms with Gasteiger partial charge in [-0.3, -0.25) is 9.69 Å². The van der Waals surface area contributed by atoms with Crippen LogP contribution in [0.5, 0.6) is 0 Å². The molecule has 2 N–H and O–H groups in total. The summed E-state index contributed by atoms with van der Waals surface area (Å²) < 4.78 is 14.0. The number of carbonyl (C=O) groups excluding carboxylic acids is 1. The van der Waals surface area contributed by atoms with E-state index in [0.29, 0.717) is 24.1 Å². The van der Waals surface area contributed by atoms with Crippen LogP contribution < -0.4 is 5.73 Å². The normalized spacial score (nSPS) is 17.0. The number of nitrogens with zero attached hydrogens (tertiary/aromatic N) is 2. The number of halogens is 3. The standard InChI is InChI=1S/C16H23BrFN3O.ClH/c1-11(2)15(19)16(22)21-7-5-20(6-8-21)10-12-3-4-13(17)14(18)9-12;/h3-4,9,11,15H,5-8,10,19H2,1-2H3;1H/t15-;/m0./s1. The molecule has 0 bridgehead atoms. The van der Waals surface area contributed by atoms with Crippen LogP contribution in [0, 0.1) is 11.7 Å². The van der Waals surface area contributed by atoms with E-state index >= 15 is 0 Å². The molecule has 1 aliphatic rings. The molecule has 2 rings (SSSR count). The molecule has 1 aromatic carbocycles. The van der Waals surface area contributed by atoms with Crippen molar-refractivity contribution in [1.29, 1.82) is 0 Å². The molecule has 1 aromatic rings. The lowest BCUT2D eigenvalue weighted by Crippen LogP contribution is -2.54. The molecule has 0 aliphatic carbocycles. The zero-order valence-corrected chi connectivity index (χ0v) is 15.9. The van der Waals surface area contributed by atoms with Gasteiger partial charge in [-0.25, -0.2) is 4.39 Å². The van der Waals surface area contributed by atoms with Crippen molar-refractivity contribution in [3.05, 3.63) is 34.1 Å². The van der Waals surface area contributed by atoms with Crippen LogP contribution >= 0.6 is 28.3 Å². The van der Waals surface area contributed by atoms with Crippen LogP contribution in [0.15, 0.2) is 22.7 Å². The van der Waals surface area contributed by atoms with Gasteiger partial charge in [0.15, 0.2) is 0 Å². The molecule has 0 spiro atoms. The summed E-state index contributed by atoms with van der Waals surface area (Å²) >= 11 is 3.16. The second kappa shape index (κ2) is 8.97. The Hall–Kier alpha value is -0.690. The Morgan fingerprint density at radius 2 is 1.91 bits per heavy atom. The molecule has 1 saturated heterocycles. The van der Waals surface area contributed by atoms with Crippen molar-refractivity contribution in [3.8, 4) is 0 Å². The first kappa shape index (κ1) is 20.4. The average Bonchev–Trinajstić information content (AvgIpc) is 2.50. The zero-order valence-electron chi connectivity index (χ0n) is 13.5. The van der Waals surface area contributed by atoms with Crippen molar-refractivity contribution in [1.82, 2.24) is 9.80 Å². The second-order valence-corrected chi connectivity index (χ2v) is 6.97. The van der Waals surface area contributed by atoms with E-state index in [1.807, 2.05) is 24.8 Å². The molecule has 23 heavy (non-hydrogen) atoms. The molecule has 130 valence electrons. The van der Waals surface area contributed by atoms with Crippen molar-refractivity contribution in [2.45, 2.75) is 26.4 Å². The number of hydrogen-bond donors (Lipinski definition) is 1. The van der Waals surface area contributed by atoms with E-state index in [4.69, 9.17) is 5.73 Å². The van der Waals surface area contributed by atoms with Gasteiger partial charge >= 0.3 is 0 Å². The minimum Gasteiger partial charge on any atom is -0.339 e. The fraction of sp³-hybridized carbons (Fsp3) is 0.562. The third-order valence-electron chi connectivity index (χ3n) is 4.08. The molecule has 1 heterocycles. The van der Waals surface area contributed by atoms with Gasteiger partial charge in [0.25, 0.3) is 0 Å². The molecule has 1 fully saturated rings. The van der Waals surface area contributed by atoms with Gasteiger partial charge in [-0.15, -0.1) is 12.4 Å². The molecule has 4 nitrogen and oxygen atoms in total. The minimum absolute atomic E-state index is 0. The van der Waals surface area contributed by atoms with Crippen LogP contribution in [-0.2, 0) is 11.3 Å². The summed E-state index contributed by atoms with van der Waals surface area (Å²) in [7, 11) is 0. The van der Waals surface area contributed by atoms with Crippen molar-refractivity contribution < 1.29 is 9.18 Å². The number of benzene rings is 1. The monoisotopic (exact) mass is 407 g/mol. The number of carbonyl (C=O) groups is 1. The van der Waals surface area contributed by atoms with E-state index in [0.717, 1.165) is 18.7 Å². The summed E-state index contributed by atoms with van der Waals surface area (Å²) in [6.07, 6.45) is 0. The molecule has 0 aromatic heterocycles. The maximum Gasteiger partial charge on any atom is 0.239 e. The Kier molecular flexibility index (Phi) is 7.94. The van der Waals surface area contributed by atoms with Crippen molar-refractivity contribution in [2.24, 2.45) is 11.7 Å². The third kappa shape index (κ3) is 5.41. The first-order chi connectivity index (χ1) is 10.4. The van der Waals surface area contributed by atoms with Crippen LogP contribution in [-0.4, -0.2) is 47.9 Å². The van der Waals surface area contributed by atoms with E-state index in [9.17, 15) is 9.18 Å². The van der Waals surface area contributed by atoms with E-state index < -0.39 is 6.04 Å². The van der Waals surface area contributed by atoms with Crippen LogP contribution in [0.25, 0.3) is 0 Å². The molecule has 7 heteroatoms. The first-order valence-corrected chi connectivity index (χ1v) is 8.38. The summed E-state index contributed by atoms with van der Waals surface area (Å²) in [4.78, 5) is 16.3. The molecule has 1 aliphatic heterocycles.